The van der Waals surface area contributed by atoms with Gasteiger partial charge in [-0.05, 0) is 42.7 Å². The van der Waals surface area contributed by atoms with Gasteiger partial charge in [0.25, 0.3) is 0 Å². The second kappa shape index (κ2) is 5.58. The maximum absolute atomic E-state index is 12.0. The summed E-state index contributed by atoms with van der Waals surface area (Å²) in [6, 6.07) is 9.70. The zero-order chi connectivity index (χ0) is 14.8. The van der Waals surface area contributed by atoms with Gasteiger partial charge in [0.05, 0.1) is 18.2 Å². The lowest BCUT2D eigenvalue weighted by Crippen LogP contribution is -1.98. The second-order valence-corrected chi connectivity index (χ2v) is 5.70. The highest BCUT2D eigenvalue weighted by Crippen LogP contribution is 2.33. The van der Waals surface area contributed by atoms with Gasteiger partial charge in [-0.25, -0.2) is 4.79 Å². The fraction of sp³-hybridized carbons (Fsp3) is 0.118. The Morgan fingerprint density at radius 1 is 1.29 bits per heavy atom. The third-order valence-corrected chi connectivity index (χ3v) is 4.01. The molecule has 1 aliphatic rings. The summed E-state index contributed by atoms with van der Waals surface area (Å²) in [6.45, 7) is 1.99. The normalized spacial score (nSPS) is 16.0. The molecule has 3 nitrogen and oxygen atoms in total. The van der Waals surface area contributed by atoms with E-state index in [1.807, 2.05) is 48.7 Å². The Hall–Kier alpha value is -2.33. The lowest BCUT2D eigenvalue weighted by Gasteiger charge is -2.09. The molecule has 0 aliphatic carbocycles. The Bertz CT molecular complexity index is 739. The van der Waals surface area contributed by atoms with E-state index in [0.29, 0.717) is 17.1 Å². The minimum absolute atomic E-state index is 0.332. The molecule has 0 fully saturated rings. The van der Waals surface area contributed by atoms with E-state index < -0.39 is 0 Å². The first-order chi connectivity index (χ1) is 10.2. The molecule has 0 saturated carbocycles. The van der Waals surface area contributed by atoms with Crippen molar-refractivity contribution in [1.82, 2.24) is 0 Å². The Balaban J connectivity index is 2.01. The van der Waals surface area contributed by atoms with Crippen molar-refractivity contribution < 1.29 is 14.3 Å². The molecule has 2 aromatic rings. The molecule has 0 unspecified atom stereocenters. The quantitative estimate of drug-likeness (QED) is 0.633. The van der Waals surface area contributed by atoms with Crippen LogP contribution in [0.25, 0.3) is 11.8 Å². The molecule has 21 heavy (non-hydrogen) atoms. The average Bonchev–Trinajstić information content (AvgIpc) is 3.10. The molecule has 3 rings (SSSR count). The van der Waals surface area contributed by atoms with Crippen LogP contribution in [0, 0.1) is 6.92 Å². The number of carbonyl (C=O) groups excluding carboxylic acids is 1. The second-order valence-electron chi connectivity index (χ2n) is 4.72. The van der Waals surface area contributed by atoms with Crippen LogP contribution in [-0.2, 0) is 9.53 Å². The molecule has 0 radical (unpaired) electrons. The summed E-state index contributed by atoms with van der Waals surface area (Å²) in [5.41, 5.74) is 2.43. The number of ether oxygens (including phenoxy) is 2. The highest BCUT2D eigenvalue weighted by Gasteiger charge is 2.24. The third-order valence-electron chi connectivity index (χ3n) is 3.19. The highest BCUT2D eigenvalue weighted by molar-refractivity contribution is 7.10. The fourth-order valence-electron chi connectivity index (χ4n) is 2.16. The van der Waals surface area contributed by atoms with Crippen LogP contribution in [0.3, 0.4) is 0 Å². The summed E-state index contributed by atoms with van der Waals surface area (Å²) in [5, 5.41) is 1.97. The molecule has 0 amide bonds. The summed E-state index contributed by atoms with van der Waals surface area (Å²) < 4.78 is 10.7. The van der Waals surface area contributed by atoms with E-state index in [2.05, 4.69) is 0 Å². The topological polar surface area (TPSA) is 35.5 Å². The summed E-state index contributed by atoms with van der Waals surface area (Å²) in [6.07, 6.45) is 3.60. The molecule has 2 heterocycles. The number of rotatable bonds is 3. The van der Waals surface area contributed by atoms with Crippen LogP contribution in [0.4, 0.5) is 0 Å². The van der Waals surface area contributed by atoms with E-state index in [0.717, 1.165) is 16.0 Å². The zero-order valence-corrected chi connectivity index (χ0v) is 12.6. The van der Waals surface area contributed by atoms with Gasteiger partial charge in [-0.3, -0.25) is 0 Å². The summed E-state index contributed by atoms with van der Waals surface area (Å²) in [5.74, 6) is 0.891. The first kappa shape index (κ1) is 13.6. The van der Waals surface area contributed by atoms with Crippen molar-refractivity contribution in [3.8, 4) is 5.75 Å². The molecule has 1 aromatic carbocycles. The van der Waals surface area contributed by atoms with Gasteiger partial charge in [0.15, 0.2) is 0 Å². The van der Waals surface area contributed by atoms with Crippen LogP contribution in [-0.4, -0.2) is 13.1 Å². The van der Waals surface area contributed by atoms with Crippen LogP contribution in [0.15, 0.2) is 47.4 Å². The molecule has 0 saturated heterocycles. The number of cyclic esters (lactones) is 1. The van der Waals surface area contributed by atoms with Gasteiger partial charge in [0.1, 0.15) is 11.5 Å². The molecule has 0 spiro atoms. The largest absolute Gasteiger partial charge is 0.496 e. The van der Waals surface area contributed by atoms with E-state index in [-0.39, 0.29) is 5.97 Å². The van der Waals surface area contributed by atoms with Crippen molar-refractivity contribution in [2.45, 2.75) is 6.92 Å². The van der Waals surface area contributed by atoms with E-state index in [1.165, 1.54) is 0 Å². The molecule has 1 aliphatic heterocycles. The molecule has 4 heteroatoms. The van der Waals surface area contributed by atoms with E-state index in [1.54, 1.807) is 24.5 Å². The lowest BCUT2D eigenvalue weighted by molar-refractivity contribution is -0.130. The number of thiophene rings is 1. The number of carbonyl (C=O) groups is 1. The maximum Gasteiger partial charge on any atom is 0.343 e. The predicted octanol–water partition coefficient (Wildman–Crippen LogP) is 4.05. The van der Waals surface area contributed by atoms with Crippen molar-refractivity contribution in [3.05, 3.63) is 63.4 Å². The van der Waals surface area contributed by atoms with Crippen molar-refractivity contribution in [1.29, 1.82) is 0 Å². The number of hydrogen-bond acceptors (Lipinski definition) is 4. The number of methoxy groups -OCH3 is 1. The van der Waals surface area contributed by atoms with Crippen molar-refractivity contribution >= 4 is 29.1 Å². The van der Waals surface area contributed by atoms with E-state index in [4.69, 9.17) is 9.47 Å². The van der Waals surface area contributed by atoms with Crippen LogP contribution in [0.2, 0.25) is 0 Å². The van der Waals surface area contributed by atoms with Crippen LogP contribution in [0.5, 0.6) is 5.75 Å². The predicted molar refractivity (Wildman–Crippen MR) is 84.1 cm³/mol. The van der Waals surface area contributed by atoms with Crippen LogP contribution >= 0.6 is 11.3 Å². The number of esters is 1. The zero-order valence-electron chi connectivity index (χ0n) is 11.8. The standard InChI is InChI=1S/C17H14O3S/c1-11-5-6-15(19-2)14(8-11)16-10-12(17(18)20-16)9-13-4-3-7-21-13/h3-10H,1-2H3. The van der Waals surface area contributed by atoms with Gasteiger partial charge < -0.3 is 9.47 Å². The van der Waals surface area contributed by atoms with Gasteiger partial charge in [0, 0.05) is 4.88 Å². The first-order valence-electron chi connectivity index (χ1n) is 6.51. The Morgan fingerprint density at radius 3 is 2.86 bits per heavy atom. The molecule has 0 N–H and O–H groups in total. The van der Waals surface area contributed by atoms with Gasteiger partial charge >= 0.3 is 5.97 Å². The Morgan fingerprint density at radius 2 is 2.14 bits per heavy atom. The summed E-state index contributed by atoms with van der Waals surface area (Å²) in [4.78, 5) is 13.0. The van der Waals surface area contributed by atoms with Crippen molar-refractivity contribution in [3.63, 3.8) is 0 Å². The monoisotopic (exact) mass is 298 g/mol. The SMILES string of the molecule is COc1ccc(C)cc1C1=CC(=Cc2cccs2)C(=O)O1. The van der Waals surface area contributed by atoms with Gasteiger partial charge in [-0.15, -0.1) is 11.3 Å². The lowest BCUT2D eigenvalue weighted by atomic mass is 10.1. The van der Waals surface area contributed by atoms with Gasteiger partial charge in [0.2, 0.25) is 0 Å². The maximum atomic E-state index is 12.0. The minimum Gasteiger partial charge on any atom is -0.496 e. The summed E-state index contributed by atoms with van der Waals surface area (Å²) in [7, 11) is 1.61. The van der Waals surface area contributed by atoms with Crippen molar-refractivity contribution in [2.24, 2.45) is 0 Å². The first-order valence-corrected chi connectivity index (χ1v) is 7.39. The molecule has 0 bridgehead atoms. The molecule has 1 aromatic heterocycles. The van der Waals surface area contributed by atoms with Gasteiger partial charge in [-0.1, -0.05) is 17.7 Å². The van der Waals surface area contributed by atoms with E-state index in [9.17, 15) is 4.79 Å². The van der Waals surface area contributed by atoms with Gasteiger partial charge in [-0.2, -0.15) is 0 Å². The fourth-order valence-corrected chi connectivity index (χ4v) is 2.83. The van der Waals surface area contributed by atoms with Crippen LogP contribution < -0.4 is 4.74 Å². The summed E-state index contributed by atoms with van der Waals surface area (Å²) >= 11 is 1.58. The third kappa shape index (κ3) is 2.76. The smallest absolute Gasteiger partial charge is 0.343 e. The molecule has 0 atom stereocenters. The number of hydrogen-bond donors (Lipinski definition) is 0. The number of benzene rings is 1. The Labute approximate surface area is 127 Å². The highest BCUT2D eigenvalue weighted by atomic mass is 32.1. The van der Waals surface area contributed by atoms with Crippen molar-refractivity contribution in [2.75, 3.05) is 7.11 Å². The molecular weight excluding hydrogens is 284 g/mol. The minimum atomic E-state index is -0.332. The number of aryl methyl sites for hydroxylation is 1. The van der Waals surface area contributed by atoms with Crippen LogP contribution in [0.1, 0.15) is 16.0 Å². The molecular formula is C17H14O3S. The molecule has 106 valence electrons. The Kier molecular flexibility index (Phi) is 3.62. The van der Waals surface area contributed by atoms with E-state index >= 15 is 0 Å². The average molecular weight is 298 g/mol.